The molecule has 0 spiro atoms. The van der Waals surface area contributed by atoms with Gasteiger partial charge in [-0.25, -0.2) is 0 Å². The summed E-state index contributed by atoms with van der Waals surface area (Å²) in [6.07, 6.45) is 1.75. The molecule has 0 aliphatic rings. The van der Waals surface area contributed by atoms with Crippen LogP contribution in [0.15, 0.2) is 29.2 Å². The maximum Gasteiger partial charge on any atom is 0.251 e. The van der Waals surface area contributed by atoms with Crippen LogP contribution in [-0.4, -0.2) is 9.55 Å². The summed E-state index contributed by atoms with van der Waals surface area (Å²) in [6.45, 7) is 6.24. The summed E-state index contributed by atoms with van der Waals surface area (Å²) >= 11 is 0. The fourth-order valence-corrected chi connectivity index (χ4v) is 1.93. The van der Waals surface area contributed by atoms with Crippen LogP contribution in [0.3, 0.4) is 0 Å². The van der Waals surface area contributed by atoms with E-state index in [2.05, 4.69) is 4.98 Å². The molecule has 0 atom stereocenters. The van der Waals surface area contributed by atoms with Crippen LogP contribution in [0.5, 0.6) is 0 Å². The standard InChI is InChI=1S/C14H17N3O/c1-9-7-16-12(11(3)14(9)15)8-17-10(2)5-4-6-13(17)18/h4-7H,8H2,1-3H3,(H2,15,16). The molecule has 2 aromatic heterocycles. The first kappa shape index (κ1) is 12.4. The Kier molecular flexibility index (Phi) is 3.19. The fourth-order valence-electron chi connectivity index (χ4n) is 1.93. The first-order valence-electron chi connectivity index (χ1n) is 5.87. The second-order valence-corrected chi connectivity index (χ2v) is 4.52. The smallest absolute Gasteiger partial charge is 0.251 e. The highest BCUT2D eigenvalue weighted by Crippen LogP contribution is 2.18. The zero-order chi connectivity index (χ0) is 13.3. The van der Waals surface area contributed by atoms with Gasteiger partial charge in [0.1, 0.15) is 0 Å². The molecule has 0 aliphatic carbocycles. The molecule has 0 unspecified atom stereocenters. The molecular weight excluding hydrogens is 226 g/mol. The van der Waals surface area contributed by atoms with Crippen molar-refractivity contribution < 1.29 is 0 Å². The van der Waals surface area contributed by atoms with Crippen molar-refractivity contribution in [1.29, 1.82) is 0 Å². The second kappa shape index (κ2) is 4.64. The van der Waals surface area contributed by atoms with Gasteiger partial charge in [-0.05, 0) is 38.0 Å². The van der Waals surface area contributed by atoms with Gasteiger partial charge in [0.05, 0.1) is 12.2 Å². The Bertz CT molecular complexity index is 644. The molecule has 4 heteroatoms. The Morgan fingerprint density at radius 2 is 2.00 bits per heavy atom. The molecule has 2 heterocycles. The number of nitrogens with zero attached hydrogens (tertiary/aromatic N) is 2. The molecule has 0 bridgehead atoms. The quantitative estimate of drug-likeness (QED) is 0.874. The third-order valence-electron chi connectivity index (χ3n) is 3.25. The van der Waals surface area contributed by atoms with Gasteiger partial charge in [-0.1, -0.05) is 6.07 Å². The van der Waals surface area contributed by atoms with Crippen LogP contribution in [0.25, 0.3) is 0 Å². The number of pyridine rings is 2. The van der Waals surface area contributed by atoms with E-state index in [1.807, 2.05) is 26.8 Å². The Hall–Kier alpha value is -2.10. The third kappa shape index (κ3) is 2.14. The van der Waals surface area contributed by atoms with E-state index in [9.17, 15) is 4.79 Å². The van der Waals surface area contributed by atoms with Crippen LogP contribution in [0, 0.1) is 20.8 Å². The molecule has 18 heavy (non-hydrogen) atoms. The van der Waals surface area contributed by atoms with Crippen molar-refractivity contribution >= 4 is 5.69 Å². The highest BCUT2D eigenvalue weighted by Gasteiger charge is 2.08. The van der Waals surface area contributed by atoms with Crippen LogP contribution in [0.2, 0.25) is 0 Å². The van der Waals surface area contributed by atoms with Crippen molar-refractivity contribution in [3.8, 4) is 0 Å². The lowest BCUT2D eigenvalue weighted by molar-refractivity contribution is 0.708. The minimum atomic E-state index is -0.0182. The van der Waals surface area contributed by atoms with Crippen LogP contribution < -0.4 is 11.3 Å². The monoisotopic (exact) mass is 243 g/mol. The first-order chi connectivity index (χ1) is 8.50. The van der Waals surface area contributed by atoms with Crippen LogP contribution >= 0.6 is 0 Å². The van der Waals surface area contributed by atoms with Gasteiger partial charge >= 0.3 is 0 Å². The molecule has 2 N–H and O–H groups in total. The molecule has 2 aromatic rings. The molecule has 94 valence electrons. The maximum absolute atomic E-state index is 11.8. The van der Waals surface area contributed by atoms with E-state index in [1.165, 1.54) is 0 Å². The molecule has 0 fully saturated rings. The molecule has 0 amide bonds. The number of aromatic nitrogens is 2. The van der Waals surface area contributed by atoms with E-state index in [-0.39, 0.29) is 5.56 Å². The van der Waals surface area contributed by atoms with Gasteiger partial charge in [-0.2, -0.15) is 0 Å². The number of aryl methyl sites for hydroxylation is 2. The average molecular weight is 243 g/mol. The maximum atomic E-state index is 11.8. The van der Waals surface area contributed by atoms with Crippen molar-refractivity contribution in [2.24, 2.45) is 0 Å². The van der Waals surface area contributed by atoms with E-state index in [0.29, 0.717) is 6.54 Å². The third-order valence-corrected chi connectivity index (χ3v) is 3.25. The van der Waals surface area contributed by atoms with E-state index in [4.69, 9.17) is 5.73 Å². The highest BCUT2D eigenvalue weighted by atomic mass is 16.1. The Morgan fingerprint density at radius 1 is 1.28 bits per heavy atom. The van der Waals surface area contributed by atoms with E-state index >= 15 is 0 Å². The summed E-state index contributed by atoms with van der Waals surface area (Å²) < 4.78 is 1.70. The normalized spacial score (nSPS) is 10.6. The summed E-state index contributed by atoms with van der Waals surface area (Å²) in [5.74, 6) is 0. The van der Waals surface area contributed by atoms with Gasteiger partial charge < -0.3 is 10.3 Å². The lowest BCUT2D eigenvalue weighted by Gasteiger charge is -2.13. The van der Waals surface area contributed by atoms with Crippen LogP contribution in [0.4, 0.5) is 5.69 Å². The van der Waals surface area contributed by atoms with Gasteiger partial charge in [-0.15, -0.1) is 0 Å². The van der Waals surface area contributed by atoms with Gasteiger partial charge in [0.15, 0.2) is 0 Å². The van der Waals surface area contributed by atoms with Crippen molar-refractivity contribution in [2.75, 3.05) is 5.73 Å². The molecule has 0 radical (unpaired) electrons. The SMILES string of the molecule is Cc1cnc(Cn2c(C)cccc2=O)c(C)c1N. The van der Waals surface area contributed by atoms with Crippen molar-refractivity contribution in [3.63, 3.8) is 0 Å². The topological polar surface area (TPSA) is 60.9 Å². The molecule has 0 aliphatic heterocycles. The van der Waals surface area contributed by atoms with E-state index in [1.54, 1.807) is 22.9 Å². The Morgan fingerprint density at radius 3 is 2.67 bits per heavy atom. The zero-order valence-electron chi connectivity index (χ0n) is 10.9. The van der Waals surface area contributed by atoms with Crippen molar-refractivity contribution in [2.45, 2.75) is 27.3 Å². The van der Waals surface area contributed by atoms with Gasteiger partial charge in [-0.3, -0.25) is 9.78 Å². The fraction of sp³-hybridized carbons (Fsp3) is 0.286. The number of hydrogen-bond donors (Lipinski definition) is 1. The number of anilines is 1. The second-order valence-electron chi connectivity index (χ2n) is 4.52. The predicted molar refractivity (Wildman–Crippen MR) is 72.7 cm³/mol. The minimum absolute atomic E-state index is 0.0182. The lowest BCUT2D eigenvalue weighted by atomic mass is 10.1. The summed E-state index contributed by atoms with van der Waals surface area (Å²) in [4.78, 5) is 16.2. The predicted octanol–water partition coefficient (Wildman–Crippen LogP) is 1.80. The van der Waals surface area contributed by atoms with Crippen molar-refractivity contribution in [3.05, 3.63) is 57.3 Å². The van der Waals surface area contributed by atoms with Crippen molar-refractivity contribution in [1.82, 2.24) is 9.55 Å². The molecule has 0 saturated heterocycles. The van der Waals surface area contributed by atoms with E-state index < -0.39 is 0 Å². The van der Waals surface area contributed by atoms with Crippen LogP contribution in [-0.2, 0) is 6.54 Å². The molecular formula is C14H17N3O. The van der Waals surface area contributed by atoms with E-state index in [0.717, 1.165) is 28.2 Å². The lowest BCUT2D eigenvalue weighted by Crippen LogP contribution is -2.22. The summed E-state index contributed by atoms with van der Waals surface area (Å²) in [5, 5.41) is 0. The van der Waals surface area contributed by atoms with Gasteiger partial charge in [0, 0.05) is 23.6 Å². The molecule has 0 saturated carbocycles. The van der Waals surface area contributed by atoms with Gasteiger partial charge in [0.25, 0.3) is 5.56 Å². The largest absolute Gasteiger partial charge is 0.398 e. The number of nitrogen functional groups attached to an aromatic ring is 1. The summed E-state index contributed by atoms with van der Waals surface area (Å²) in [6, 6.07) is 5.23. The minimum Gasteiger partial charge on any atom is -0.398 e. The Labute approximate surface area is 106 Å². The highest BCUT2D eigenvalue weighted by molar-refractivity contribution is 5.53. The zero-order valence-corrected chi connectivity index (χ0v) is 10.9. The van der Waals surface area contributed by atoms with Crippen LogP contribution in [0.1, 0.15) is 22.5 Å². The average Bonchev–Trinajstić information content (AvgIpc) is 2.34. The number of rotatable bonds is 2. The van der Waals surface area contributed by atoms with Gasteiger partial charge in [0.2, 0.25) is 0 Å². The number of hydrogen-bond acceptors (Lipinski definition) is 3. The molecule has 0 aromatic carbocycles. The Balaban J connectivity index is 2.47. The first-order valence-corrected chi connectivity index (χ1v) is 5.87. The molecule has 4 nitrogen and oxygen atoms in total. The summed E-state index contributed by atoms with van der Waals surface area (Å²) in [7, 11) is 0. The molecule has 2 rings (SSSR count). The number of nitrogens with two attached hydrogens (primary N) is 1. The summed E-state index contributed by atoms with van der Waals surface area (Å²) in [5.41, 5.74) is 10.4.